The highest BCUT2D eigenvalue weighted by Gasteiger charge is 2.51. The molecule has 31 heteroatoms. The van der Waals surface area contributed by atoms with Gasteiger partial charge in [-0.2, -0.15) is 119 Å². The van der Waals surface area contributed by atoms with E-state index in [9.17, 15) is 92.2 Å². The van der Waals surface area contributed by atoms with Crippen LogP contribution < -0.4 is 0 Å². The number of rotatable bonds is 4. The number of alkyl halides is 27. The van der Waals surface area contributed by atoms with Crippen LogP contribution in [0.4, 0.5) is 119 Å². The molecule has 0 fully saturated rings. The van der Waals surface area contributed by atoms with Crippen LogP contribution in [-0.2, 0) is 55.6 Å². The normalized spacial score (nSPS) is 13.9. The molecule has 0 aliphatic heterocycles. The summed E-state index contributed by atoms with van der Waals surface area (Å²) in [5, 5.41) is -8.10. The monoisotopic (exact) mass is 1360 g/mol. The average Bonchev–Trinajstić information content (AvgIpc) is 1.59. The lowest BCUT2D eigenvalue weighted by atomic mass is 9.96. The molecule has 0 atom stereocenters. The molecule has 0 radical (unpaired) electrons. The number of aryl methyl sites for hydroxylation is 1. The van der Waals surface area contributed by atoms with E-state index >= 15 is 26.3 Å². The maximum absolute atomic E-state index is 18.2. The Morgan fingerprint density at radius 2 is 0.337 bits per heavy atom. The standard InChI is InChI=1S/C64H27F27N4/c1-26-2-10-42-34(18-26)35-19-27(56(65,66)67)3-11-43(35)92(42)52-50(63(86,87)88)54(94-46-14-6-30(59(74,75)76)22-38(46)39-23-31(60(77,78)79)7-15-47(39)94)55(95-48-16-8-32(61(80,81)82)24-40(48)41-25-33(62(83,84)85)9-17-49(41)95)51(64(89,90)91)53(52)93-44-12-4-28(57(68,69)70)20-36(44)37-21-29(58(71,72)73)5-13-45(37)93/h2-25H,1H3. The second-order valence-corrected chi connectivity index (χ2v) is 22.1. The van der Waals surface area contributed by atoms with Gasteiger partial charge in [0.1, 0.15) is 11.1 Å². The Labute approximate surface area is 509 Å². The van der Waals surface area contributed by atoms with Gasteiger partial charge < -0.3 is 18.3 Å². The molecule has 13 rings (SSSR count). The first kappa shape index (κ1) is 64.0. The van der Waals surface area contributed by atoms with Crippen LogP contribution >= 0.6 is 0 Å². The number of fused-ring (bicyclic) bond motifs is 12. The first-order valence-electron chi connectivity index (χ1n) is 26.9. The van der Waals surface area contributed by atoms with E-state index in [1.807, 2.05) is 0 Å². The third kappa shape index (κ3) is 10.2. The van der Waals surface area contributed by atoms with E-state index in [1.165, 1.54) is 6.92 Å². The zero-order chi connectivity index (χ0) is 69.1. The molecule has 0 bridgehead atoms. The van der Waals surface area contributed by atoms with Gasteiger partial charge in [0.2, 0.25) is 0 Å². The van der Waals surface area contributed by atoms with Crippen molar-refractivity contribution >= 4 is 87.2 Å². The topological polar surface area (TPSA) is 19.7 Å². The fraction of sp³-hybridized carbons (Fsp3) is 0.156. The van der Waals surface area contributed by atoms with E-state index in [4.69, 9.17) is 0 Å². The number of aromatic nitrogens is 4. The second-order valence-electron chi connectivity index (χ2n) is 22.1. The molecule has 492 valence electrons. The van der Waals surface area contributed by atoms with E-state index in [0.717, 1.165) is 18.2 Å². The molecule has 4 heterocycles. The van der Waals surface area contributed by atoms with Crippen LogP contribution in [0.15, 0.2) is 146 Å². The Bertz CT molecular complexity index is 5200. The van der Waals surface area contributed by atoms with E-state index < -0.39 is 216 Å². The maximum Gasteiger partial charge on any atom is 0.420 e. The number of hydrogen-bond donors (Lipinski definition) is 0. The third-order valence-electron chi connectivity index (χ3n) is 16.4. The summed E-state index contributed by atoms with van der Waals surface area (Å²) in [6.07, 6.45) is -51.4. The molecule has 4 aromatic heterocycles. The van der Waals surface area contributed by atoms with Gasteiger partial charge in [-0.1, -0.05) is 11.6 Å². The molecule has 0 saturated carbocycles. The molecule has 4 nitrogen and oxygen atoms in total. The smallest absolute Gasteiger partial charge is 0.306 e. The Morgan fingerprint density at radius 3 is 0.484 bits per heavy atom. The molecule has 13 aromatic rings. The molecule has 0 unspecified atom stereocenters. The molecular formula is C64H27F27N4. The quantitative estimate of drug-likeness (QED) is 0.157. The van der Waals surface area contributed by atoms with Crippen LogP contribution in [0.3, 0.4) is 0 Å². The van der Waals surface area contributed by atoms with Gasteiger partial charge in [-0.25, -0.2) is 0 Å². The second kappa shape index (κ2) is 20.2. The van der Waals surface area contributed by atoms with Gasteiger partial charge >= 0.3 is 55.6 Å². The summed E-state index contributed by atoms with van der Waals surface area (Å²) in [6, 6.07) is 6.91. The fourth-order valence-electron chi connectivity index (χ4n) is 12.5. The summed E-state index contributed by atoms with van der Waals surface area (Å²) in [4.78, 5) is 0. The maximum atomic E-state index is 18.2. The zero-order valence-corrected chi connectivity index (χ0v) is 46.4. The zero-order valence-electron chi connectivity index (χ0n) is 46.4. The molecule has 0 amide bonds. The summed E-state index contributed by atoms with van der Waals surface area (Å²) < 4.78 is 421. The van der Waals surface area contributed by atoms with E-state index in [1.54, 1.807) is 0 Å². The highest BCUT2D eigenvalue weighted by molar-refractivity contribution is 6.16. The molecule has 0 aliphatic rings. The lowest BCUT2D eigenvalue weighted by Crippen LogP contribution is -2.26. The number of nitrogens with zero attached hydrogens (tertiary/aromatic N) is 4. The van der Waals surface area contributed by atoms with Crippen molar-refractivity contribution in [1.29, 1.82) is 0 Å². The Balaban J connectivity index is 1.43. The average molecular weight is 1360 g/mol. The molecular weight excluding hydrogens is 1340 g/mol. The van der Waals surface area contributed by atoms with Gasteiger partial charge in [0.15, 0.2) is 0 Å². The summed E-state index contributed by atoms with van der Waals surface area (Å²) in [5.41, 5.74) is -34.5. The van der Waals surface area contributed by atoms with Gasteiger partial charge in [-0.15, -0.1) is 0 Å². The molecule has 0 saturated heterocycles. The van der Waals surface area contributed by atoms with Crippen molar-refractivity contribution in [3.8, 4) is 22.7 Å². The Kier molecular flexibility index (Phi) is 13.6. The molecule has 0 N–H and O–H groups in total. The predicted molar refractivity (Wildman–Crippen MR) is 294 cm³/mol. The fourth-order valence-corrected chi connectivity index (χ4v) is 12.5. The molecule has 0 spiro atoms. The molecule has 9 aromatic carbocycles. The third-order valence-corrected chi connectivity index (χ3v) is 16.4. The predicted octanol–water partition coefficient (Wildman–Crippen LogP) is 23.6. The van der Waals surface area contributed by atoms with Crippen molar-refractivity contribution in [2.45, 2.75) is 62.5 Å². The van der Waals surface area contributed by atoms with Crippen LogP contribution in [-0.4, -0.2) is 18.3 Å². The van der Waals surface area contributed by atoms with E-state index in [2.05, 4.69) is 0 Å². The van der Waals surface area contributed by atoms with Crippen molar-refractivity contribution in [2.24, 2.45) is 0 Å². The van der Waals surface area contributed by atoms with Crippen molar-refractivity contribution < 1.29 is 119 Å². The minimum atomic E-state index is -6.57. The van der Waals surface area contributed by atoms with Crippen molar-refractivity contribution in [1.82, 2.24) is 18.3 Å². The van der Waals surface area contributed by atoms with Gasteiger partial charge in [-0.05, 0) is 146 Å². The summed E-state index contributed by atoms with van der Waals surface area (Å²) in [6.45, 7) is 1.29. The van der Waals surface area contributed by atoms with E-state index in [-0.39, 0.29) is 115 Å². The number of benzene rings is 9. The lowest BCUT2D eigenvalue weighted by molar-refractivity contribution is -0.141. The highest BCUT2D eigenvalue weighted by atomic mass is 19.4. The van der Waals surface area contributed by atoms with Gasteiger partial charge in [0, 0.05) is 43.1 Å². The lowest BCUT2D eigenvalue weighted by Gasteiger charge is -2.32. The molecule has 0 aliphatic carbocycles. The van der Waals surface area contributed by atoms with Gasteiger partial charge in [-0.3, -0.25) is 0 Å². The Morgan fingerprint density at radius 1 is 0.189 bits per heavy atom. The summed E-state index contributed by atoms with van der Waals surface area (Å²) in [5.74, 6) is 0. The van der Waals surface area contributed by atoms with Crippen LogP contribution in [0.25, 0.3) is 110 Å². The first-order chi connectivity index (χ1) is 43.7. The first-order valence-corrected chi connectivity index (χ1v) is 26.9. The number of hydrogen-bond acceptors (Lipinski definition) is 0. The SMILES string of the molecule is Cc1ccc2c(c1)c1cc(C(F)(F)F)ccc1n2-c1c(-n2c3ccc(C(F)(F)F)cc3c3cc(C(F)(F)F)ccc32)c(C(F)(F)F)c(-n2c3ccc(C(F)(F)F)cc3c3cc(C(F)(F)F)ccc32)c(-n2c3ccc(C(F)(F)F)cc3c3cc(C(F)(F)F)ccc32)c1C(F)(F)F. The van der Waals surface area contributed by atoms with Crippen LogP contribution in [0.1, 0.15) is 55.6 Å². The minimum Gasteiger partial charge on any atom is -0.306 e. The van der Waals surface area contributed by atoms with Gasteiger partial charge in [0.25, 0.3) is 0 Å². The largest absolute Gasteiger partial charge is 0.420 e. The van der Waals surface area contributed by atoms with Crippen LogP contribution in [0, 0.1) is 6.92 Å². The summed E-state index contributed by atoms with van der Waals surface area (Å²) >= 11 is 0. The van der Waals surface area contributed by atoms with Crippen molar-refractivity contribution in [2.75, 3.05) is 0 Å². The van der Waals surface area contributed by atoms with Crippen LogP contribution in [0.5, 0.6) is 0 Å². The number of halogens is 27. The van der Waals surface area contributed by atoms with Crippen molar-refractivity contribution in [3.05, 3.63) is 201 Å². The van der Waals surface area contributed by atoms with Crippen molar-refractivity contribution in [3.63, 3.8) is 0 Å². The molecule has 95 heavy (non-hydrogen) atoms. The Hall–Kier alpha value is -9.71. The summed E-state index contributed by atoms with van der Waals surface area (Å²) in [7, 11) is 0. The van der Waals surface area contributed by atoms with Gasteiger partial charge in [0.05, 0.1) is 106 Å². The minimum absolute atomic E-state index is 0.0275. The van der Waals surface area contributed by atoms with E-state index in [0.29, 0.717) is 36.4 Å². The highest BCUT2D eigenvalue weighted by Crippen LogP contribution is 2.57. The van der Waals surface area contributed by atoms with Crippen LogP contribution in [0.2, 0.25) is 0 Å².